The van der Waals surface area contributed by atoms with Crippen LogP contribution in [0.25, 0.3) is 10.9 Å². The average molecular weight is 299 g/mol. The standard InChI is InChI=1S/C17H15ClN2O/c1-11-6-7-14(18)16(8-11)21-17-12(9-19)10-20-15-5-3-2-4-13(15)17/h2-8,10H,9,19H2,1H3. The van der Waals surface area contributed by atoms with Crippen LogP contribution in [0.3, 0.4) is 0 Å². The summed E-state index contributed by atoms with van der Waals surface area (Å²) in [6.07, 6.45) is 1.75. The van der Waals surface area contributed by atoms with Gasteiger partial charge in [0.25, 0.3) is 0 Å². The molecule has 2 aromatic carbocycles. The second-order valence-corrected chi connectivity index (χ2v) is 5.28. The van der Waals surface area contributed by atoms with Crippen molar-refractivity contribution in [2.75, 3.05) is 0 Å². The largest absolute Gasteiger partial charge is 0.455 e. The van der Waals surface area contributed by atoms with Crippen molar-refractivity contribution in [3.05, 3.63) is 64.8 Å². The Morgan fingerprint density at radius 1 is 1.19 bits per heavy atom. The number of ether oxygens (including phenoxy) is 1. The molecule has 0 unspecified atom stereocenters. The smallest absolute Gasteiger partial charge is 0.146 e. The van der Waals surface area contributed by atoms with Gasteiger partial charge in [-0.1, -0.05) is 29.8 Å². The third-order valence-corrected chi connectivity index (χ3v) is 3.63. The summed E-state index contributed by atoms with van der Waals surface area (Å²) in [4.78, 5) is 4.40. The van der Waals surface area contributed by atoms with Crippen molar-refractivity contribution in [2.24, 2.45) is 5.73 Å². The van der Waals surface area contributed by atoms with E-state index in [4.69, 9.17) is 22.1 Å². The van der Waals surface area contributed by atoms with Gasteiger partial charge >= 0.3 is 0 Å². The van der Waals surface area contributed by atoms with Gasteiger partial charge in [0.2, 0.25) is 0 Å². The number of nitrogens with zero attached hydrogens (tertiary/aromatic N) is 1. The van der Waals surface area contributed by atoms with E-state index in [2.05, 4.69) is 4.98 Å². The molecule has 3 rings (SSSR count). The Bertz CT molecular complexity index is 802. The molecule has 0 spiro atoms. The summed E-state index contributed by atoms with van der Waals surface area (Å²) in [5, 5.41) is 1.50. The Morgan fingerprint density at radius 3 is 2.81 bits per heavy atom. The van der Waals surface area contributed by atoms with Crippen molar-refractivity contribution in [1.29, 1.82) is 0 Å². The van der Waals surface area contributed by atoms with Crippen molar-refractivity contribution in [3.63, 3.8) is 0 Å². The molecule has 0 radical (unpaired) electrons. The van der Waals surface area contributed by atoms with E-state index in [0.717, 1.165) is 27.8 Å². The predicted molar refractivity (Wildman–Crippen MR) is 85.9 cm³/mol. The Balaban J connectivity index is 2.16. The molecule has 1 aromatic heterocycles. The molecule has 0 fully saturated rings. The van der Waals surface area contributed by atoms with Gasteiger partial charge in [-0.25, -0.2) is 0 Å². The SMILES string of the molecule is Cc1ccc(Cl)c(Oc2c(CN)cnc3ccccc23)c1. The minimum atomic E-state index is 0.358. The van der Waals surface area contributed by atoms with Crippen molar-refractivity contribution in [2.45, 2.75) is 13.5 Å². The van der Waals surface area contributed by atoms with E-state index in [0.29, 0.717) is 17.3 Å². The number of fused-ring (bicyclic) bond motifs is 1. The molecular formula is C17H15ClN2O. The maximum Gasteiger partial charge on any atom is 0.146 e. The van der Waals surface area contributed by atoms with Gasteiger partial charge in [0, 0.05) is 23.7 Å². The van der Waals surface area contributed by atoms with E-state index in [-0.39, 0.29) is 0 Å². The Morgan fingerprint density at radius 2 is 2.00 bits per heavy atom. The van der Waals surface area contributed by atoms with Crippen LogP contribution in [-0.4, -0.2) is 4.98 Å². The van der Waals surface area contributed by atoms with Crippen LogP contribution in [0.1, 0.15) is 11.1 Å². The van der Waals surface area contributed by atoms with E-state index >= 15 is 0 Å². The first-order chi connectivity index (χ1) is 10.2. The highest BCUT2D eigenvalue weighted by molar-refractivity contribution is 6.32. The normalized spacial score (nSPS) is 10.8. The molecule has 0 saturated heterocycles. The fourth-order valence-corrected chi connectivity index (χ4v) is 2.38. The van der Waals surface area contributed by atoms with Crippen molar-refractivity contribution < 1.29 is 4.74 Å². The van der Waals surface area contributed by atoms with E-state index < -0.39 is 0 Å². The van der Waals surface area contributed by atoms with Crippen LogP contribution in [-0.2, 0) is 6.54 Å². The first-order valence-electron chi connectivity index (χ1n) is 6.69. The van der Waals surface area contributed by atoms with Crippen molar-refractivity contribution >= 4 is 22.5 Å². The summed E-state index contributed by atoms with van der Waals surface area (Å²) in [6, 6.07) is 13.5. The fraction of sp³-hybridized carbons (Fsp3) is 0.118. The number of halogens is 1. The van der Waals surface area contributed by atoms with Crippen LogP contribution in [0.2, 0.25) is 5.02 Å². The van der Waals surface area contributed by atoms with E-state index in [1.165, 1.54) is 0 Å². The van der Waals surface area contributed by atoms with Crippen LogP contribution in [0.15, 0.2) is 48.7 Å². The van der Waals surface area contributed by atoms with Gasteiger partial charge in [-0.3, -0.25) is 4.98 Å². The molecule has 0 aliphatic heterocycles. The van der Waals surface area contributed by atoms with Crippen LogP contribution in [0, 0.1) is 6.92 Å². The highest BCUT2D eigenvalue weighted by Gasteiger charge is 2.12. The molecule has 3 nitrogen and oxygen atoms in total. The third kappa shape index (κ3) is 2.71. The molecule has 106 valence electrons. The Hall–Kier alpha value is -2.10. The molecule has 4 heteroatoms. The van der Waals surface area contributed by atoms with E-state index in [1.54, 1.807) is 6.20 Å². The fourth-order valence-electron chi connectivity index (χ4n) is 2.22. The summed E-state index contributed by atoms with van der Waals surface area (Å²) in [7, 11) is 0. The molecular weight excluding hydrogens is 284 g/mol. The van der Waals surface area contributed by atoms with Crippen LogP contribution < -0.4 is 10.5 Å². The van der Waals surface area contributed by atoms with Gasteiger partial charge in [-0.05, 0) is 36.8 Å². The molecule has 0 aliphatic rings. The summed E-state index contributed by atoms with van der Waals surface area (Å²) >= 11 is 6.22. The van der Waals surface area contributed by atoms with Crippen molar-refractivity contribution in [3.8, 4) is 11.5 Å². The van der Waals surface area contributed by atoms with Gasteiger partial charge in [-0.2, -0.15) is 0 Å². The minimum Gasteiger partial charge on any atom is -0.455 e. The first-order valence-corrected chi connectivity index (χ1v) is 7.07. The molecule has 0 atom stereocenters. The number of hydrogen-bond acceptors (Lipinski definition) is 3. The van der Waals surface area contributed by atoms with E-state index in [1.807, 2.05) is 49.4 Å². The maximum atomic E-state index is 6.22. The van der Waals surface area contributed by atoms with E-state index in [9.17, 15) is 0 Å². The number of nitrogens with two attached hydrogens (primary N) is 1. The number of pyridine rings is 1. The molecule has 0 bridgehead atoms. The molecule has 0 aliphatic carbocycles. The molecule has 0 amide bonds. The number of rotatable bonds is 3. The highest BCUT2D eigenvalue weighted by atomic mass is 35.5. The zero-order valence-electron chi connectivity index (χ0n) is 11.6. The first kappa shape index (κ1) is 13.9. The van der Waals surface area contributed by atoms with Gasteiger partial charge in [0.05, 0.1) is 10.5 Å². The topological polar surface area (TPSA) is 48.1 Å². The number of aryl methyl sites for hydroxylation is 1. The van der Waals surface area contributed by atoms with Gasteiger partial charge in [0.15, 0.2) is 0 Å². The minimum absolute atomic E-state index is 0.358. The molecule has 3 aromatic rings. The number of hydrogen-bond donors (Lipinski definition) is 1. The number of para-hydroxylation sites is 1. The monoisotopic (exact) mass is 298 g/mol. The second-order valence-electron chi connectivity index (χ2n) is 4.87. The van der Waals surface area contributed by atoms with Crippen molar-refractivity contribution in [1.82, 2.24) is 4.98 Å². The van der Waals surface area contributed by atoms with Gasteiger partial charge < -0.3 is 10.5 Å². The molecule has 2 N–H and O–H groups in total. The van der Waals surface area contributed by atoms with Crippen LogP contribution in [0.4, 0.5) is 0 Å². The van der Waals surface area contributed by atoms with Crippen LogP contribution in [0.5, 0.6) is 11.5 Å². The Labute approximate surface area is 128 Å². The van der Waals surface area contributed by atoms with Gasteiger partial charge in [0.1, 0.15) is 11.5 Å². The molecule has 1 heterocycles. The average Bonchev–Trinajstić information content (AvgIpc) is 2.51. The Kier molecular flexibility index (Phi) is 3.78. The summed E-state index contributed by atoms with van der Waals surface area (Å²) < 4.78 is 6.07. The number of benzene rings is 2. The summed E-state index contributed by atoms with van der Waals surface area (Å²) in [6.45, 7) is 2.36. The summed E-state index contributed by atoms with van der Waals surface area (Å²) in [5.41, 5.74) is 8.62. The lowest BCUT2D eigenvalue weighted by molar-refractivity contribution is 0.481. The second kappa shape index (κ2) is 5.72. The van der Waals surface area contributed by atoms with Gasteiger partial charge in [-0.15, -0.1) is 0 Å². The highest BCUT2D eigenvalue weighted by Crippen LogP contribution is 2.36. The zero-order valence-corrected chi connectivity index (χ0v) is 12.4. The zero-order chi connectivity index (χ0) is 14.8. The third-order valence-electron chi connectivity index (χ3n) is 3.32. The lowest BCUT2D eigenvalue weighted by Gasteiger charge is -2.14. The quantitative estimate of drug-likeness (QED) is 0.777. The number of aromatic nitrogens is 1. The van der Waals surface area contributed by atoms with Crippen LogP contribution >= 0.6 is 11.6 Å². The predicted octanol–water partition coefficient (Wildman–Crippen LogP) is 4.45. The molecule has 21 heavy (non-hydrogen) atoms. The lowest BCUT2D eigenvalue weighted by atomic mass is 10.1. The maximum absolute atomic E-state index is 6.22. The molecule has 0 saturated carbocycles. The lowest BCUT2D eigenvalue weighted by Crippen LogP contribution is -2.01. The summed E-state index contributed by atoms with van der Waals surface area (Å²) in [5.74, 6) is 1.35.